The average Bonchev–Trinajstić information content (AvgIpc) is 2.88. The molecule has 0 radical (unpaired) electrons. The number of hydrogen-bond acceptors (Lipinski definition) is 1. The van der Waals surface area contributed by atoms with Crippen LogP contribution in [0.5, 0.6) is 0 Å². The Morgan fingerprint density at radius 1 is 1.21 bits per heavy atom. The van der Waals surface area contributed by atoms with Crippen molar-refractivity contribution in [1.82, 2.24) is 9.78 Å². The molecule has 1 heterocycles. The fourth-order valence-electron chi connectivity index (χ4n) is 2.15. The minimum atomic E-state index is -0.199. The predicted molar refractivity (Wildman–Crippen MR) is 75.9 cm³/mol. The zero-order chi connectivity index (χ0) is 13.7. The van der Waals surface area contributed by atoms with Gasteiger partial charge in [-0.05, 0) is 48.9 Å². The lowest BCUT2D eigenvalue weighted by Crippen LogP contribution is -2.10. The molecule has 1 atom stereocenters. The van der Waals surface area contributed by atoms with Gasteiger partial charge in [0, 0.05) is 18.6 Å². The van der Waals surface area contributed by atoms with Gasteiger partial charge in [-0.3, -0.25) is 4.68 Å². The minimum absolute atomic E-state index is 0.199. The van der Waals surface area contributed by atoms with Crippen molar-refractivity contribution in [2.24, 2.45) is 5.92 Å². The second-order valence-corrected chi connectivity index (χ2v) is 5.07. The Balaban J connectivity index is 1.98. The Morgan fingerprint density at radius 3 is 2.47 bits per heavy atom. The second kappa shape index (κ2) is 6.71. The molecule has 1 unspecified atom stereocenters. The molecular weight excluding hydrogens is 263 g/mol. The molecule has 2 aromatic rings. The lowest BCUT2D eigenvalue weighted by atomic mass is 9.95. The van der Waals surface area contributed by atoms with Crippen LogP contribution < -0.4 is 0 Å². The molecule has 0 saturated carbocycles. The molecule has 2 rings (SSSR count). The Kier molecular flexibility index (Phi) is 4.97. The average molecular weight is 281 g/mol. The second-order valence-electron chi connectivity index (χ2n) is 4.76. The summed E-state index contributed by atoms with van der Waals surface area (Å²) in [4.78, 5) is 0. The van der Waals surface area contributed by atoms with E-state index in [1.807, 2.05) is 23.0 Å². The molecule has 102 valence electrons. The van der Waals surface area contributed by atoms with Gasteiger partial charge in [-0.15, -0.1) is 11.6 Å². The van der Waals surface area contributed by atoms with Crippen LogP contribution in [0.4, 0.5) is 4.39 Å². The number of aryl methyl sites for hydroxylation is 1. The summed E-state index contributed by atoms with van der Waals surface area (Å²) in [7, 11) is 0. The maximum atomic E-state index is 12.9. The van der Waals surface area contributed by atoms with Crippen LogP contribution in [-0.2, 0) is 19.4 Å². The van der Waals surface area contributed by atoms with E-state index in [-0.39, 0.29) is 5.82 Å². The van der Waals surface area contributed by atoms with Crippen molar-refractivity contribution in [2.75, 3.05) is 5.88 Å². The Morgan fingerprint density at radius 2 is 1.89 bits per heavy atom. The van der Waals surface area contributed by atoms with Gasteiger partial charge in [-0.25, -0.2) is 4.39 Å². The number of alkyl halides is 1. The van der Waals surface area contributed by atoms with Gasteiger partial charge in [-0.2, -0.15) is 5.10 Å². The molecule has 0 N–H and O–H groups in total. The highest BCUT2D eigenvalue weighted by Gasteiger charge is 2.11. The number of benzene rings is 1. The highest BCUT2D eigenvalue weighted by Crippen LogP contribution is 2.16. The van der Waals surface area contributed by atoms with Gasteiger partial charge in [0.2, 0.25) is 0 Å². The van der Waals surface area contributed by atoms with Crippen LogP contribution in [0.3, 0.4) is 0 Å². The summed E-state index contributed by atoms with van der Waals surface area (Å²) in [6, 6.07) is 6.64. The first kappa shape index (κ1) is 14.1. The predicted octanol–water partition coefficient (Wildman–Crippen LogP) is 3.68. The van der Waals surface area contributed by atoms with Gasteiger partial charge >= 0.3 is 0 Å². The molecular formula is C15H18ClFN2. The van der Waals surface area contributed by atoms with E-state index < -0.39 is 0 Å². The van der Waals surface area contributed by atoms with E-state index in [1.165, 1.54) is 17.7 Å². The third kappa shape index (κ3) is 4.06. The van der Waals surface area contributed by atoms with Gasteiger partial charge in [0.1, 0.15) is 5.82 Å². The zero-order valence-corrected chi connectivity index (χ0v) is 11.8. The van der Waals surface area contributed by atoms with E-state index in [1.54, 1.807) is 0 Å². The van der Waals surface area contributed by atoms with Crippen LogP contribution in [0.2, 0.25) is 0 Å². The van der Waals surface area contributed by atoms with E-state index >= 15 is 0 Å². The first-order valence-electron chi connectivity index (χ1n) is 6.53. The molecule has 0 bridgehead atoms. The molecule has 0 saturated heterocycles. The maximum Gasteiger partial charge on any atom is 0.123 e. The third-order valence-electron chi connectivity index (χ3n) is 3.19. The Bertz CT molecular complexity index is 507. The van der Waals surface area contributed by atoms with E-state index in [4.69, 9.17) is 11.6 Å². The fourth-order valence-corrected chi connectivity index (χ4v) is 2.37. The summed E-state index contributed by atoms with van der Waals surface area (Å²) < 4.78 is 14.8. The van der Waals surface area contributed by atoms with Crippen molar-refractivity contribution in [3.8, 4) is 0 Å². The van der Waals surface area contributed by atoms with E-state index in [0.29, 0.717) is 11.8 Å². The third-order valence-corrected chi connectivity index (χ3v) is 3.63. The van der Waals surface area contributed by atoms with Gasteiger partial charge < -0.3 is 0 Å². The summed E-state index contributed by atoms with van der Waals surface area (Å²) in [5.74, 6) is 0.742. The molecule has 4 heteroatoms. The fraction of sp³-hybridized carbons (Fsp3) is 0.400. The number of nitrogens with zero attached hydrogens (tertiary/aromatic N) is 2. The molecule has 0 aliphatic heterocycles. The first-order chi connectivity index (χ1) is 9.21. The number of rotatable bonds is 6. The zero-order valence-electron chi connectivity index (χ0n) is 11.0. The highest BCUT2D eigenvalue weighted by atomic mass is 35.5. The molecule has 1 aromatic heterocycles. The summed E-state index contributed by atoms with van der Waals surface area (Å²) in [6.45, 7) is 2.94. The summed E-state index contributed by atoms with van der Waals surface area (Å²) in [6.07, 6.45) is 5.72. The molecule has 19 heavy (non-hydrogen) atoms. The molecule has 1 aromatic carbocycles. The highest BCUT2D eigenvalue weighted by molar-refractivity contribution is 6.18. The monoisotopic (exact) mass is 280 g/mol. The lowest BCUT2D eigenvalue weighted by molar-refractivity contribution is 0.580. The van der Waals surface area contributed by atoms with Crippen LogP contribution in [0.15, 0.2) is 36.7 Å². The van der Waals surface area contributed by atoms with Crippen LogP contribution in [-0.4, -0.2) is 15.7 Å². The SMILES string of the molecule is CCn1cc(CC(CCl)Cc2ccc(F)cc2)cn1. The topological polar surface area (TPSA) is 17.8 Å². The van der Waals surface area contributed by atoms with Gasteiger partial charge in [0.05, 0.1) is 6.20 Å². The number of halogens is 2. The Hall–Kier alpha value is -1.35. The van der Waals surface area contributed by atoms with Crippen LogP contribution in [0, 0.1) is 11.7 Å². The van der Waals surface area contributed by atoms with Crippen molar-refractivity contribution in [3.63, 3.8) is 0 Å². The maximum absolute atomic E-state index is 12.9. The van der Waals surface area contributed by atoms with Gasteiger partial charge in [-0.1, -0.05) is 12.1 Å². The molecule has 0 aliphatic carbocycles. The van der Waals surface area contributed by atoms with Crippen molar-refractivity contribution >= 4 is 11.6 Å². The van der Waals surface area contributed by atoms with E-state index in [0.717, 1.165) is 24.9 Å². The molecule has 0 aliphatic rings. The van der Waals surface area contributed by atoms with Crippen LogP contribution >= 0.6 is 11.6 Å². The normalized spacial score (nSPS) is 12.6. The van der Waals surface area contributed by atoms with Crippen LogP contribution in [0.1, 0.15) is 18.1 Å². The van der Waals surface area contributed by atoms with Gasteiger partial charge in [0.15, 0.2) is 0 Å². The molecule has 2 nitrogen and oxygen atoms in total. The lowest BCUT2D eigenvalue weighted by Gasteiger charge is -2.12. The minimum Gasteiger partial charge on any atom is -0.273 e. The summed E-state index contributed by atoms with van der Waals surface area (Å²) >= 11 is 6.04. The number of hydrogen-bond donors (Lipinski definition) is 0. The van der Waals surface area contributed by atoms with Crippen molar-refractivity contribution in [1.29, 1.82) is 0 Å². The first-order valence-corrected chi connectivity index (χ1v) is 7.06. The quantitative estimate of drug-likeness (QED) is 0.738. The van der Waals surface area contributed by atoms with E-state index in [2.05, 4.69) is 18.2 Å². The van der Waals surface area contributed by atoms with Crippen LogP contribution in [0.25, 0.3) is 0 Å². The summed E-state index contributed by atoms with van der Waals surface area (Å²) in [5, 5.41) is 4.26. The standard InChI is InChI=1S/C15H18ClFN2/c1-2-19-11-14(10-18-19)8-13(9-16)7-12-3-5-15(17)6-4-12/h3-6,10-11,13H,2,7-9H2,1H3. The van der Waals surface area contributed by atoms with Crippen molar-refractivity contribution in [2.45, 2.75) is 26.3 Å². The van der Waals surface area contributed by atoms with E-state index in [9.17, 15) is 4.39 Å². The van der Waals surface area contributed by atoms with Gasteiger partial charge in [0.25, 0.3) is 0 Å². The molecule has 0 spiro atoms. The Labute approximate surface area is 118 Å². The van der Waals surface area contributed by atoms with Crippen molar-refractivity contribution < 1.29 is 4.39 Å². The summed E-state index contributed by atoms with van der Waals surface area (Å²) in [5.41, 5.74) is 2.32. The number of aromatic nitrogens is 2. The molecule has 0 amide bonds. The largest absolute Gasteiger partial charge is 0.273 e. The van der Waals surface area contributed by atoms with Crippen molar-refractivity contribution in [3.05, 3.63) is 53.6 Å². The molecule has 0 fully saturated rings. The smallest absolute Gasteiger partial charge is 0.123 e.